The van der Waals surface area contributed by atoms with Gasteiger partial charge in [-0.1, -0.05) is 12.8 Å². The van der Waals surface area contributed by atoms with E-state index in [1.807, 2.05) is 12.1 Å². The maximum Gasteiger partial charge on any atom is 0.251 e. The molecule has 5 N–H and O–H groups in total. The number of carbonyl (C=O) groups excluding carboxylic acids is 3. The van der Waals surface area contributed by atoms with E-state index in [4.69, 9.17) is 4.74 Å². The Bertz CT molecular complexity index is 1370. The molecule has 2 aromatic carbocycles. The monoisotopic (exact) mass is 548 g/mol. The lowest BCUT2D eigenvalue weighted by Crippen LogP contribution is -2.39. The lowest BCUT2D eigenvalue weighted by molar-refractivity contribution is -0.126. The number of benzene rings is 2. The zero-order valence-corrected chi connectivity index (χ0v) is 22.7. The van der Waals surface area contributed by atoms with Crippen molar-refractivity contribution in [1.82, 2.24) is 26.1 Å². The van der Waals surface area contributed by atoms with Crippen LogP contribution in [0.4, 0.5) is 0 Å². The number of hydrogen-bond donors (Lipinski definition) is 5. The van der Waals surface area contributed by atoms with Gasteiger partial charge in [-0.05, 0) is 68.1 Å². The van der Waals surface area contributed by atoms with Crippen LogP contribution in [0, 0.1) is 5.92 Å². The number of aliphatic imine (C=N–C) groups is 1. The van der Waals surface area contributed by atoms with Crippen molar-refractivity contribution < 1.29 is 24.2 Å². The zero-order chi connectivity index (χ0) is 28.3. The molecule has 0 spiro atoms. The molecule has 1 unspecified atom stereocenters. The molecule has 3 aromatic rings. The maximum absolute atomic E-state index is 12.5. The molecule has 11 heteroatoms. The van der Waals surface area contributed by atoms with Crippen LogP contribution in [-0.2, 0) is 16.0 Å². The molecule has 1 aliphatic heterocycles. The third-order valence-electron chi connectivity index (χ3n) is 6.75. The van der Waals surface area contributed by atoms with E-state index >= 15 is 0 Å². The predicted octanol–water partition coefficient (Wildman–Crippen LogP) is 2.50. The molecule has 1 aliphatic rings. The van der Waals surface area contributed by atoms with E-state index in [9.17, 15) is 19.5 Å². The Balaban J connectivity index is 1.02. The third-order valence-corrected chi connectivity index (χ3v) is 6.75. The highest BCUT2D eigenvalue weighted by molar-refractivity contribution is 5.97. The first kappa shape index (κ1) is 28.6. The number of rotatable bonds is 13. The van der Waals surface area contributed by atoms with Crippen LogP contribution in [0.3, 0.4) is 0 Å². The molecule has 0 fully saturated rings. The van der Waals surface area contributed by atoms with Crippen LogP contribution in [0.1, 0.15) is 48.5 Å². The number of aromatic hydroxyl groups is 1. The molecule has 40 heavy (non-hydrogen) atoms. The Hall–Kier alpha value is -4.41. The van der Waals surface area contributed by atoms with Gasteiger partial charge < -0.3 is 25.8 Å². The van der Waals surface area contributed by atoms with E-state index < -0.39 is 0 Å². The SMILES string of the molecule is CC(CNC(=O)C1COc2ccc(O)cc2C1)=NCC(=O)NCCCCCCNC(=O)c1ccc2[nH]ncc2c1. The van der Waals surface area contributed by atoms with Gasteiger partial charge in [0.1, 0.15) is 24.7 Å². The van der Waals surface area contributed by atoms with E-state index in [1.54, 1.807) is 37.4 Å². The standard InChI is InChI=1S/C29H36N6O5/c1-19(15-33-29(39)23-13-21-14-24(36)7-9-26(21)40-18-23)32-17-27(37)30-10-4-2-3-5-11-31-28(38)20-6-8-25-22(12-20)16-34-35-25/h6-9,12,14,16,23,36H,2-5,10-11,13,15,17-18H2,1H3,(H,30,37)(H,31,38)(H,33,39)(H,34,35). The number of aromatic amines is 1. The first-order valence-electron chi connectivity index (χ1n) is 13.6. The van der Waals surface area contributed by atoms with E-state index in [0.717, 1.165) is 42.1 Å². The summed E-state index contributed by atoms with van der Waals surface area (Å²) in [6.07, 6.45) is 5.80. The summed E-state index contributed by atoms with van der Waals surface area (Å²) < 4.78 is 5.63. The van der Waals surface area contributed by atoms with Crippen molar-refractivity contribution in [2.24, 2.45) is 10.9 Å². The number of carbonyl (C=O) groups is 3. The van der Waals surface area contributed by atoms with Gasteiger partial charge in [-0.25, -0.2) is 0 Å². The minimum Gasteiger partial charge on any atom is -0.508 e. The quantitative estimate of drug-likeness (QED) is 0.163. The van der Waals surface area contributed by atoms with Crippen LogP contribution in [0.15, 0.2) is 47.6 Å². The summed E-state index contributed by atoms with van der Waals surface area (Å²) in [5.74, 6) is 0.0779. The Morgan fingerprint density at radius 1 is 1.05 bits per heavy atom. The van der Waals surface area contributed by atoms with Crippen LogP contribution in [0.5, 0.6) is 11.5 Å². The molecule has 0 radical (unpaired) electrons. The predicted molar refractivity (Wildman–Crippen MR) is 152 cm³/mol. The fraction of sp³-hybridized carbons (Fsp3) is 0.414. The van der Waals surface area contributed by atoms with Gasteiger partial charge in [0.2, 0.25) is 11.8 Å². The number of H-pyrrole nitrogens is 1. The van der Waals surface area contributed by atoms with Crippen LogP contribution in [-0.4, -0.2) is 71.5 Å². The molecular weight excluding hydrogens is 512 g/mol. The number of aromatic nitrogens is 2. The molecule has 3 amide bonds. The molecule has 1 aromatic heterocycles. The fourth-order valence-corrected chi connectivity index (χ4v) is 4.45. The summed E-state index contributed by atoms with van der Waals surface area (Å²) in [5.41, 5.74) is 2.98. The average molecular weight is 549 g/mol. The Labute approximate surface area is 232 Å². The second-order valence-electron chi connectivity index (χ2n) is 9.97. The number of nitrogens with one attached hydrogen (secondary N) is 4. The van der Waals surface area contributed by atoms with Gasteiger partial charge in [-0.3, -0.25) is 24.5 Å². The normalized spacial score (nSPS) is 14.7. The second-order valence-corrected chi connectivity index (χ2v) is 9.97. The number of ether oxygens (including phenoxy) is 1. The van der Waals surface area contributed by atoms with Crippen molar-refractivity contribution in [3.8, 4) is 11.5 Å². The van der Waals surface area contributed by atoms with E-state index in [1.165, 1.54) is 0 Å². The fourth-order valence-electron chi connectivity index (χ4n) is 4.45. The molecule has 2 heterocycles. The van der Waals surface area contributed by atoms with Crippen molar-refractivity contribution in [2.45, 2.75) is 39.0 Å². The molecule has 0 aliphatic carbocycles. The van der Waals surface area contributed by atoms with Gasteiger partial charge in [0.15, 0.2) is 0 Å². The summed E-state index contributed by atoms with van der Waals surface area (Å²) in [4.78, 5) is 41.2. The lowest BCUT2D eigenvalue weighted by atomic mass is 9.96. The molecule has 0 bridgehead atoms. The summed E-state index contributed by atoms with van der Waals surface area (Å²) in [6, 6.07) is 10.3. The van der Waals surface area contributed by atoms with E-state index in [-0.39, 0.29) is 49.1 Å². The van der Waals surface area contributed by atoms with Crippen molar-refractivity contribution in [3.63, 3.8) is 0 Å². The van der Waals surface area contributed by atoms with Crippen LogP contribution in [0.25, 0.3) is 10.9 Å². The van der Waals surface area contributed by atoms with Gasteiger partial charge in [0, 0.05) is 29.8 Å². The minimum atomic E-state index is -0.348. The minimum absolute atomic E-state index is 0.0114. The number of amides is 3. The van der Waals surface area contributed by atoms with Gasteiger partial charge in [-0.15, -0.1) is 0 Å². The van der Waals surface area contributed by atoms with Gasteiger partial charge in [0.25, 0.3) is 5.91 Å². The van der Waals surface area contributed by atoms with Crippen molar-refractivity contribution in [2.75, 3.05) is 32.8 Å². The van der Waals surface area contributed by atoms with Gasteiger partial charge in [0.05, 0.1) is 24.2 Å². The number of hydrogen-bond acceptors (Lipinski definition) is 7. The van der Waals surface area contributed by atoms with Crippen molar-refractivity contribution in [1.29, 1.82) is 0 Å². The highest BCUT2D eigenvalue weighted by Gasteiger charge is 2.26. The topological polar surface area (TPSA) is 158 Å². The number of nitrogens with zero attached hydrogens (tertiary/aromatic N) is 2. The van der Waals surface area contributed by atoms with Gasteiger partial charge >= 0.3 is 0 Å². The number of phenolic OH excluding ortho intramolecular Hbond substituents is 1. The van der Waals surface area contributed by atoms with Crippen LogP contribution < -0.4 is 20.7 Å². The molecule has 1 atom stereocenters. The van der Waals surface area contributed by atoms with Gasteiger partial charge in [-0.2, -0.15) is 5.10 Å². The molecule has 0 saturated heterocycles. The first-order valence-corrected chi connectivity index (χ1v) is 13.6. The van der Waals surface area contributed by atoms with Crippen LogP contribution >= 0.6 is 0 Å². The van der Waals surface area contributed by atoms with Crippen molar-refractivity contribution in [3.05, 3.63) is 53.7 Å². The molecule has 0 saturated carbocycles. The number of unbranched alkanes of at least 4 members (excludes halogenated alkanes) is 3. The smallest absolute Gasteiger partial charge is 0.251 e. The molecule has 11 nitrogen and oxygen atoms in total. The van der Waals surface area contributed by atoms with E-state index in [0.29, 0.717) is 36.5 Å². The lowest BCUT2D eigenvalue weighted by Gasteiger charge is -2.24. The summed E-state index contributed by atoms with van der Waals surface area (Å²) in [7, 11) is 0. The number of fused-ring (bicyclic) bond motifs is 2. The Morgan fingerprint density at radius 2 is 1.85 bits per heavy atom. The highest BCUT2D eigenvalue weighted by Crippen LogP contribution is 2.30. The summed E-state index contributed by atoms with van der Waals surface area (Å²) >= 11 is 0. The third kappa shape index (κ3) is 8.29. The zero-order valence-electron chi connectivity index (χ0n) is 22.7. The summed E-state index contributed by atoms with van der Waals surface area (Å²) in [6.45, 7) is 3.48. The first-order chi connectivity index (χ1) is 19.4. The molecular formula is C29H36N6O5. The van der Waals surface area contributed by atoms with Crippen molar-refractivity contribution >= 4 is 34.3 Å². The molecule has 212 valence electrons. The number of phenols is 1. The summed E-state index contributed by atoms with van der Waals surface area (Å²) in [5, 5.41) is 26.0. The highest BCUT2D eigenvalue weighted by atomic mass is 16.5. The maximum atomic E-state index is 12.5. The Kier molecular flexibility index (Phi) is 10.1. The largest absolute Gasteiger partial charge is 0.508 e. The van der Waals surface area contributed by atoms with Crippen LogP contribution in [0.2, 0.25) is 0 Å². The molecule has 4 rings (SSSR count). The average Bonchev–Trinajstić information content (AvgIpc) is 3.43. The van der Waals surface area contributed by atoms with E-state index in [2.05, 4.69) is 31.1 Å². The Morgan fingerprint density at radius 3 is 2.67 bits per heavy atom. The second kappa shape index (κ2) is 14.1.